The lowest BCUT2D eigenvalue weighted by Gasteiger charge is -2.29. The monoisotopic (exact) mass is 415 g/mol. The largest absolute Gasteiger partial charge is 0.372 e. The summed E-state index contributed by atoms with van der Waals surface area (Å²) in [5, 5.41) is 2.89. The fraction of sp³-hybridized carbons (Fsp3) is 0.609. The standard InChI is InChI=1S/C23H33N3O4/c1-16(2)13-19(23(29)25(3)20-14-30-15-21(20)27)24-22(28)17-7-9-18(10-8-17)26-11-5-4-6-12-26/h7-10,16,19-20H,4-6,11-15H2,1-3H3,(H,24,28). The number of nitrogens with one attached hydrogen (secondary N) is 1. The Kier molecular flexibility index (Phi) is 7.48. The van der Waals surface area contributed by atoms with Crippen LogP contribution in [0.25, 0.3) is 0 Å². The van der Waals surface area contributed by atoms with Crippen molar-refractivity contribution in [2.75, 3.05) is 38.3 Å². The Hall–Kier alpha value is -2.41. The molecule has 0 aliphatic carbocycles. The van der Waals surface area contributed by atoms with Crippen LogP contribution in [0.1, 0.15) is 49.9 Å². The van der Waals surface area contributed by atoms with Gasteiger partial charge in [0.25, 0.3) is 5.91 Å². The molecule has 0 saturated carbocycles. The van der Waals surface area contributed by atoms with Crippen LogP contribution in [0.3, 0.4) is 0 Å². The Balaban J connectivity index is 1.67. The lowest BCUT2D eigenvalue weighted by molar-refractivity contribution is -0.138. The van der Waals surface area contributed by atoms with Gasteiger partial charge >= 0.3 is 0 Å². The number of amides is 2. The van der Waals surface area contributed by atoms with Gasteiger partial charge in [-0.1, -0.05) is 13.8 Å². The van der Waals surface area contributed by atoms with E-state index in [1.807, 2.05) is 38.1 Å². The molecule has 1 N–H and O–H groups in total. The van der Waals surface area contributed by atoms with Crippen molar-refractivity contribution >= 4 is 23.3 Å². The SMILES string of the molecule is CC(C)CC(NC(=O)c1ccc(N2CCCCC2)cc1)C(=O)N(C)C1COCC1=O. The third-order valence-electron chi connectivity index (χ3n) is 5.87. The quantitative estimate of drug-likeness (QED) is 0.739. The molecule has 1 aromatic carbocycles. The second-order valence-corrected chi connectivity index (χ2v) is 8.70. The van der Waals surface area contributed by atoms with E-state index >= 15 is 0 Å². The number of carbonyl (C=O) groups is 3. The molecule has 3 rings (SSSR count). The number of ether oxygens (including phenoxy) is 1. The number of ketones is 1. The molecule has 0 aromatic heterocycles. The van der Waals surface area contributed by atoms with E-state index in [0.717, 1.165) is 18.8 Å². The number of carbonyl (C=O) groups excluding carboxylic acids is 3. The Bertz CT molecular complexity index is 756. The van der Waals surface area contributed by atoms with Gasteiger partial charge in [-0.05, 0) is 55.9 Å². The maximum atomic E-state index is 13.0. The topological polar surface area (TPSA) is 79.0 Å². The van der Waals surface area contributed by atoms with E-state index in [9.17, 15) is 14.4 Å². The smallest absolute Gasteiger partial charge is 0.251 e. The lowest BCUT2D eigenvalue weighted by atomic mass is 10.0. The van der Waals surface area contributed by atoms with Gasteiger partial charge in [-0.25, -0.2) is 0 Å². The van der Waals surface area contributed by atoms with Crippen LogP contribution in [0.15, 0.2) is 24.3 Å². The van der Waals surface area contributed by atoms with Gasteiger partial charge in [0.05, 0.1) is 6.61 Å². The molecule has 30 heavy (non-hydrogen) atoms. The van der Waals surface area contributed by atoms with Gasteiger partial charge in [0, 0.05) is 31.4 Å². The third-order valence-corrected chi connectivity index (χ3v) is 5.87. The molecule has 2 atom stereocenters. The molecule has 7 heteroatoms. The van der Waals surface area contributed by atoms with Crippen LogP contribution in [0.2, 0.25) is 0 Å². The number of nitrogens with zero attached hydrogens (tertiary/aromatic N) is 2. The highest BCUT2D eigenvalue weighted by Gasteiger charge is 2.35. The Morgan fingerprint density at radius 3 is 2.40 bits per heavy atom. The Morgan fingerprint density at radius 2 is 1.83 bits per heavy atom. The van der Waals surface area contributed by atoms with Gasteiger partial charge in [-0.3, -0.25) is 14.4 Å². The van der Waals surface area contributed by atoms with E-state index < -0.39 is 12.1 Å². The van der Waals surface area contributed by atoms with Crippen LogP contribution in [-0.2, 0) is 14.3 Å². The summed E-state index contributed by atoms with van der Waals surface area (Å²) in [6.07, 6.45) is 4.17. The fourth-order valence-corrected chi connectivity index (χ4v) is 4.10. The zero-order chi connectivity index (χ0) is 21.7. The molecule has 2 saturated heterocycles. The first-order valence-electron chi connectivity index (χ1n) is 10.9. The summed E-state index contributed by atoms with van der Waals surface area (Å²) in [5.41, 5.74) is 1.65. The van der Waals surface area contributed by atoms with Gasteiger partial charge in [0.1, 0.15) is 18.7 Å². The summed E-state index contributed by atoms with van der Waals surface area (Å²) >= 11 is 0. The molecular formula is C23H33N3O4. The van der Waals surface area contributed by atoms with Gasteiger partial charge in [0.2, 0.25) is 5.91 Å². The maximum Gasteiger partial charge on any atom is 0.251 e. The fourth-order valence-electron chi connectivity index (χ4n) is 4.10. The van der Waals surface area contributed by atoms with Gasteiger partial charge < -0.3 is 19.9 Å². The van der Waals surface area contributed by atoms with Crippen molar-refractivity contribution in [3.8, 4) is 0 Å². The zero-order valence-electron chi connectivity index (χ0n) is 18.2. The van der Waals surface area contributed by atoms with Crippen molar-refractivity contribution in [3.05, 3.63) is 29.8 Å². The number of Topliss-reactive ketones (excluding diaryl/α,β-unsaturated/α-hetero) is 1. The summed E-state index contributed by atoms with van der Waals surface area (Å²) in [6, 6.07) is 6.31. The summed E-state index contributed by atoms with van der Waals surface area (Å²) in [4.78, 5) is 41.6. The summed E-state index contributed by atoms with van der Waals surface area (Å²) < 4.78 is 5.18. The van der Waals surface area contributed by atoms with Crippen molar-refractivity contribution in [1.82, 2.24) is 10.2 Å². The highest BCUT2D eigenvalue weighted by Crippen LogP contribution is 2.20. The van der Waals surface area contributed by atoms with Crippen molar-refractivity contribution in [3.63, 3.8) is 0 Å². The molecule has 0 radical (unpaired) electrons. The number of anilines is 1. The van der Waals surface area contributed by atoms with E-state index in [2.05, 4.69) is 10.2 Å². The van der Waals surface area contributed by atoms with E-state index in [1.54, 1.807) is 7.05 Å². The van der Waals surface area contributed by atoms with E-state index in [1.165, 1.54) is 24.2 Å². The Labute approximate surface area is 178 Å². The first kappa shape index (κ1) is 22.3. The van der Waals surface area contributed by atoms with Gasteiger partial charge in [-0.2, -0.15) is 0 Å². The molecule has 1 aromatic rings. The van der Waals surface area contributed by atoms with E-state index in [0.29, 0.717) is 12.0 Å². The van der Waals surface area contributed by atoms with Crippen LogP contribution in [0.5, 0.6) is 0 Å². The third kappa shape index (κ3) is 5.39. The first-order valence-corrected chi connectivity index (χ1v) is 10.9. The Morgan fingerprint density at radius 1 is 1.17 bits per heavy atom. The lowest BCUT2D eigenvalue weighted by Crippen LogP contribution is -2.52. The predicted molar refractivity (Wildman–Crippen MR) is 116 cm³/mol. The van der Waals surface area contributed by atoms with Crippen LogP contribution in [0.4, 0.5) is 5.69 Å². The molecular weight excluding hydrogens is 382 g/mol. The summed E-state index contributed by atoms with van der Waals surface area (Å²) in [7, 11) is 1.60. The average Bonchev–Trinajstić information content (AvgIpc) is 3.18. The van der Waals surface area contributed by atoms with Gasteiger partial charge in [0.15, 0.2) is 5.78 Å². The zero-order valence-corrected chi connectivity index (χ0v) is 18.2. The minimum Gasteiger partial charge on any atom is -0.372 e. The van der Waals surface area contributed by atoms with Crippen LogP contribution in [0, 0.1) is 5.92 Å². The highest BCUT2D eigenvalue weighted by molar-refractivity contribution is 5.99. The molecule has 2 aliphatic heterocycles. The second-order valence-electron chi connectivity index (χ2n) is 8.70. The van der Waals surface area contributed by atoms with Crippen molar-refractivity contribution in [2.24, 2.45) is 5.92 Å². The van der Waals surface area contributed by atoms with Crippen molar-refractivity contribution in [1.29, 1.82) is 0 Å². The molecule has 2 amide bonds. The molecule has 0 bridgehead atoms. The van der Waals surface area contributed by atoms with Crippen molar-refractivity contribution < 1.29 is 19.1 Å². The number of benzene rings is 1. The number of hydrogen-bond acceptors (Lipinski definition) is 5. The minimum absolute atomic E-state index is 0.0346. The number of rotatable bonds is 7. The molecule has 2 unspecified atom stereocenters. The first-order chi connectivity index (χ1) is 14.4. The highest BCUT2D eigenvalue weighted by atomic mass is 16.5. The van der Waals surface area contributed by atoms with Crippen LogP contribution < -0.4 is 10.2 Å². The second kappa shape index (κ2) is 10.1. The van der Waals surface area contributed by atoms with Gasteiger partial charge in [-0.15, -0.1) is 0 Å². The minimum atomic E-state index is -0.683. The molecule has 2 aliphatic rings. The summed E-state index contributed by atoms with van der Waals surface area (Å²) in [6.45, 7) is 6.35. The maximum absolute atomic E-state index is 13.0. The average molecular weight is 416 g/mol. The van der Waals surface area contributed by atoms with E-state index in [4.69, 9.17) is 4.74 Å². The molecule has 0 spiro atoms. The number of likely N-dealkylation sites (N-methyl/N-ethyl adjacent to an activating group) is 1. The molecule has 7 nitrogen and oxygen atoms in total. The molecule has 164 valence electrons. The molecule has 2 fully saturated rings. The van der Waals surface area contributed by atoms with Crippen LogP contribution in [-0.4, -0.2) is 67.9 Å². The normalized spacial score (nSPS) is 20.3. The summed E-state index contributed by atoms with van der Waals surface area (Å²) in [5.74, 6) is -0.425. The van der Waals surface area contributed by atoms with Crippen LogP contribution >= 0.6 is 0 Å². The van der Waals surface area contributed by atoms with E-state index in [-0.39, 0.29) is 36.7 Å². The van der Waals surface area contributed by atoms with Crippen molar-refractivity contribution in [2.45, 2.75) is 51.6 Å². The molecule has 2 heterocycles. The predicted octanol–water partition coefficient (Wildman–Crippen LogP) is 2.25. The number of piperidine rings is 1. The number of hydrogen-bond donors (Lipinski definition) is 1.